The van der Waals surface area contributed by atoms with Crippen LogP contribution in [0.2, 0.25) is 0 Å². The summed E-state index contributed by atoms with van der Waals surface area (Å²) in [6.07, 6.45) is 0.869. The van der Waals surface area contributed by atoms with Crippen molar-refractivity contribution in [1.29, 1.82) is 0 Å². The Morgan fingerprint density at radius 3 is 1.74 bits per heavy atom. The number of rotatable bonds is 7. The molecule has 1 N–H and O–H groups in total. The first-order valence-corrected chi connectivity index (χ1v) is 8.98. The highest BCUT2D eigenvalue weighted by molar-refractivity contribution is 5.98. The van der Waals surface area contributed by atoms with Crippen molar-refractivity contribution in [2.75, 3.05) is 6.61 Å². The van der Waals surface area contributed by atoms with Gasteiger partial charge in [-0.2, -0.15) is 0 Å². The summed E-state index contributed by atoms with van der Waals surface area (Å²) in [6.45, 7) is 1.81. The zero-order valence-corrected chi connectivity index (χ0v) is 15.3. The van der Waals surface area contributed by atoms with Crippen molar-refractivity contribution in [2.24, 2.45) is 0 Å². The molecule has 3 aromatic rings. The molecule has 0 atom stereocenters. The molecule has 3 nitrogen and oxygen atoms in total. The number of carbonyl (C=O) groups is 1. The zero-order valence-electron chi connectivity index (χ0n) is 15.3. The average Bonchev–Trinajstić information content (AvgIpc) is 2.72. The van der Waals surface area contributed by atoms with Crippen molar-refractivity contribution >= 4 is 17.1 Å². The quantitative estimate of drug-likeness (QED) is 0.566. The number of hydrogen-bond acceptors (Lipinski definition) is 2. The second kappa shape index (κ2) is 8.86. The zero-order chi connectivity index (χ0) is 19.1. The van der Waals surface area contributed by atoms with Crippen LogP contribution in [-0.2, 0) is 4.79 Å². The summed E-state index contributed by atoms with van der Waals surface area (Å²) in [6, 6.07) is 28.4. The molecule has 0 aliphatic heterocycles. The third kappa shape index (κ3) is 4.64. The van der Waals surface area contributed by atoms with Crippen molar-refractivity contribution in [3.63, 3.8) is 0 Å². The van der Waals surface area contributed by atoms with E-state index < -0.39 is 5.97 Å². The molecule has 0 bridgehead atoms. The Bertz CT molecular complexity index is 869. The maximum atomic E-state index is 10.7. The average molecular weight is 358 g/mol. The Balaban J connectivity index is 2.07. The van der Waals surface area contributed by atoms with Gasteiger partial charge < -0.3 is 9.84 Å². The molecule has 136 valence electrons. The monoisotopic (exact) mass is 358 g/mol. The Morgan fingerprint density at radius 2 is 1.30 bits per heavy atom. The lowest BCUT2D eigenvalue weighted by Crippen LogP contribution is -2.09. The van der Waals surface area contributed by atoms with Gasteiger partial charge >= 0.3 is 5.97 Å². The molecule has 0 saturated heterocycles. The van der Waals surface area contributed by atoms with Crippen molar-refractivity contribution in [1.82, 2.24) is 0 Å². The molecule has 3 heteroatoms. The number of hydrogen-bond donors (Lipinski definition) is 1. The van der Waals surface area contributed by atoms with Gasteiger partial charge in [-0.15, -0.1) is 0 Å². The van der Waals surface area contributed by atoms with E-state index in [4.69, 9.17) is 9.84 Å². The molecular formula is C24H22O3. The highest BCUT2D eigenvalue weighted by Gasteiger charge is 2.12. The molecular weight excluding hydrogens is 336 g/mol. The van der Waals surface area contributed by atoms with E-state index in [1.165, 1.54) is 22.3 Å². The fourth-order valence-electron chi connectivity index (χ4n) is 3.15. The second-order valence-corrected chi connectivity index (χ2v) is 6.15. The van der Waals surface area contributed by atoms with Crippen LogP contribution in [0.1, 0.15) is 30.0 Å². The summed E-state index contributed by atoms with van der Waals surface area (Å²) in [4.78, 5) is 10.7. The third-order valence-corrected chi connectivity index (χ3v) is 4.35. The largest absolute Gasteiger partial charge is 0.482 e. The smallest absolute Gasteiger partial charge is 0.341 e. The van der Waals surface area contributed by atoms with E-state index in [0.29, 0.717) is 5.75 Å². The van der Waals surface area contributed by atoms with E-state index >= 15 is 0 Å². The van der Waals surface area contributed by atoms with E-state index in [2.05, 4.69) is 31.2 Å². The number of carboxylic acid groups (broad SMARTS) is 1. The maximum absolute atomic E-state index is 10.7. The maximum Gasteiger partial charge on any atom is 0.341 e. The lowest BCUT2D eigenvalue weighted by Gasteiger charge is -2.16. The topological polar surface area (TPSA) is 46.5 Å². The van der Waals surface area contributed by atoms with Gasteiger partial charge in [-0.05, 0) is 46.4 Å². The molecule has 0 spiro atoms. The van der Waals surface area contributed by atoms with Crippen LogP contribution in [-0.4, -0.2) is 17.7 Å². The van der Waals surface area contributed by atoms with Crippen LogP contribution >= 0.6 is 0 Å². The van der Waals surface area contributed by atoms with E-state index in [9.17, 15) is 4.79 Å². The summed E-state index contributed by atoms with van der Waals surface area (Å²) in [5.41, 5.74) is 5.89. The minimum Gasteiger partial charge on any atom is -0.482 e. The molecule has 0 unspecified atom stereocenters. The van der Waals surface area contributed by atoms with Gasteiger partial charge in [0, 0.05) is 0 Å². The van der Waals surface area contributed by atoms with Gasteiger partial charge in [-0.3, -0.25) is 0 Å². The molecule has 0 fully saturated rings. The van der Waals surface area contributed by atoms with Gasteiger partial charge in [-0.1, -0.05) is 79.7 Å². The van der Waals surface area contributed by atoms with E-state index in [-0.39, 0.29) is 6.61 Å². The minimum atomic E-state index is -0.983. The van der Waals surface area contributed by atoms with Crippen LogP contribution in [0.15, 0.2) is 84.9 Å². The molecule has 0 aliphatic carbocycles. The summed E-state index contributed by atoms with van der Waals surface area (Å²) in [5, 5.41) is 8.75. The summed E-state index contributed by atoms with van der Waals surface area (Å²) < 4.78 is 5.25. The molecule has 0 saturated carbocycles. The van der Waals surface area contributed by atoms with Gasteiger partial charge in [-0.25, -0.2) is 4.79 Å². The Morgan fingerprint density at radius 1 is 0.778 bits per heavy atom. The van der Waals surface area contributed by atoms with Crippen LogP contribution in [0.5, 0.6) is 5.75 Å². The predicted molar refractivity (Wildman–Crippen MR) is 109 cm³/mol. The normalized spacial score (nSPS) is 10.3. The van der Waals surface area contributed by atoms with Crippen LogP contribution in [0.25, 0.3) is 11.1 Å². The van der Waals surface area contributed by atoms with Crippen molar-refractivity contribution in [2.45, 2.75) is 13.3 Å². The summed E-state index contributed by atoms with van der Waals surface area (Å²) in [7, 11) is 0. The van der Waals surface area contributed by atoms with Gasteiger partial charge in [0.15, 0.2) is 6.61 Å². The molecule has 27 heavy (non-hydrogen) atoms. The Hall–Kier alpha value is -3.33. The SMILES string of the molecule is CCC(=C(c1ccccc1)c1ccccc1)c1ccc(OCC(=O)O)cc1. The van der Waals surface area contributed by atoms with Crippen LogP contribution in [0.3, 0.4) is 0 Å². The second-order valence-electron chi connectivity index (χ2n) is 6.15. The lowest BCUT2D eigenvalue weighted by molar-refractivity contribution is -0.139. The summed E-state index contributed by atoms with van der Waals surface area (Å²) >= 11 is 0. The van der Waals surface area contributed by atoms with E-state index in [0.717, 1.165) is 12.0 Å². The van der Waals surface area contributed by atoms with Gasteiger partial charge in [0.25, 0.3) is 0 Å². The standard InChI is InChI=1S/C24H22O3/c1-2-22(18-13-15-21(16-14-18)27-17-23(25)26)24(19-9-5-3-6-10-19)20-11-7-4-8-12-20/h3-16H,2,17H2,1H3,(H,25,26). The van der Waals surface area contributed by atoms with Crippen LogP contribution in [0.4, 0.5) is 0 Å². The van der Waals surface area contributed by atoms with Crippen molar-refractivity contribution in [3.8, 4) is 5.75 Å². The number of benzene rings is 3. The van der Waals surface area contributed by atoms with E-state index in [1.54, 1.807) is 0 Å². The first-order valence-electron chi connectivity index (χ1n) is 8.98. The Labute approximate surface area is 159 Å². The third-order valence-electron chi connectivity index (χ3n) is 4.35. The van der Waals surface area contributed by atoms with Gasteiger partial charge in [0.1, 0.15) is 5.75 Å². The first-order chi connectivity index (χ1) is 13.2. The Kier molecular flexibility index (Phi) is 6.06. The van der Waals surface area contributed by atoms with Crippen molar-refractivity contribution < 1.29 is 14.6 Å². The predicted octanol–water partition coefficient (Wildman–Crippen LogP) is 5.52. The molecule has 0 heterocycles. The molecule has 0 aromatic heterocycles. The number of allylic oxidation sites excluding steroid dienone is 1. The molecule has 3 aromatic carbocycles. The molecule has 3 rings (SSSR count). The highest BCUT2D eigenvalue weighted by Crippen LogP contribution is 2.34. The van der Waals surface area contributed by atoms with Crippen LogP contribution in [0, 0.1) is 0 Å². The molecule has 0 amide bonds. The number of carboxylic acids is 1. The summed E-state index contributed by atoms with van der Waals surface area (Å²) in [5.74, 6) is -0.429. The number of aliphatic carboxylic acids is 1. The fraction of sp³-hybridized carbons (Fsp3) is 0.125. The first kappa shape index (κ1) is 18.5. The van der Waals surface area contributed by atoms with Crippen molar-refractivity contribution in [3.05, 3.63) is 102 Å². The lowest BCUT2D eigenvalue weighted by atomic mass is 9.88. The molecule has 0 radical (unpaired) electrons. The number of ether oxygens (including phenoxy) is 1. The minimum absolute atomic E-state index is 0.338. The fourth-order valence-corrected chi connectivity index (χ4v) is 3.15. The van der Waals surface area contributed by atoms with E-state index in [1.807, 2.05) is 60.7 Å². The van der Waals surface area contributed by atoms with Gasteiger partial charge in [0.05, 0.1) is 0 Å². The van der Waals surface area contributed by atoms with Crippen LogP contribution < -0.4 is 4.74 Å². The van der Waals surface area contributed by atoms with Gasteiger partial charge in [0.2, 0.25) is 0 Å². The highest BCUT2D eigenvalue weighted by atomic mass is 16.5. The molecule has 0 aliphatic rings.